The standard InChI is InChI=1S/C12H13ClN4O/c1-7(2)6-14-12(18)11-15-10-5-8(13)3-4-9(10)16-17-11/h3-5,7H,6H2,1-2H3,(H,14,18). The van der Waals surface area contributed by atoms with Crippen molar-refractivity contribution in [3.05, 3.63) is 29.0 Å². The monoisotopic (exact) mass is 264 g/mol. The van der Waals surface area contributed by atoms with Crippen LogP contribution in [0.25, 0.3) is 11.0 Å². The van der Waals surface area contributed by atoms with E-state index in [2.05, 4.69) is 20.5 Å². The molecule has 1 N–H and O–H groups in total. The number of carbonyl (C=O) groups is 1. The van der Waals surface area contributed by atoms with Crippen molar-refractivity contribution in [1.29, 1.82) is 0 Å². The Morgan fingerprint density at radius 1 is 1.33 bits per heavy atom. The maximum absolute atomic E-state index is 11.8. The molecule has 2 aromatic rings. The maximum Gasteiger partial charge on any atom is 0.291 e. The van der Waals surface area contributed by atoms with Crippen molar-refractivity contribution in [3.8, 4) is 0 Å². The Kier molecular flexibility index (Phi) is 3.72. The first-order valence-corrected chi connectivity index (χ1v) is 6.02. The summed E-state index contributed by atoms with van der Waals surface area (Å²) < 4.78 is 0. The van der Waals surface area contributed by atoms with Crippen molar-refractivity contribution in [1.82, 2.24) is 20.5 Å². The van der Waals surface area contributed by atoms with Crippen molar-refractivity contribution in [2.45, 2.75) is 13.8 Å². The Morgan fingerprint density at radius 2 is 2.11 bits per heavy atom. The molecule has 0 atom stereocenters. The van der Waals surface area contributed by atoms with Gasteiger partial charge >= 0.3 is 0 Å². The molecule has 0 aliphatic heterocycles. The third kappa shape index (κ3) is 2.92. The predicted molar refractivity (Wildman–Crippen MR) is 69.5 cm³/mol. The van der Waals surface area contributed by atoms with E-state index >= 15 is 0 Å². The van der Waals surface area contributed by atoms with Crippen LogP contribution in [0.1, 0.15) is 24.5 Å². The average molecular weight is 265 g/mol. The number of carbonyl (C=O) groups excluding carboxylic acids is 1. The van der Waals surface area contributed by atoms with Crippen molar-refractivity contribution in [2.75, 3.05) is 6.54 Å². The summed E-state index contributed by atoms with van der Waals surface area (Å²) in [7, 11) is 0. The average Bonchev–Trinajstić information content (AvgIpc) is 2.34. The van der Waals surface area contributed by atoms with Gasteiger partial charge in [0.05, 0.1) is 5.52 Å². The van der Waals surface area contributed by atoms with Crippen LogP contribution >= 0.6 is 11.6 Å². The number of hydrogen-bond donors (Lipinski definition) is 1. The molecule has 1 amide bonds. The Balaban J connectivity index is 2.26. The quantitative estimate of drug-likeness (QED) is 0.921. The van der Waals surface area contributed by atoms with Gasteiger partial charge < -0.3 is 5.32 Å². The number of nitrogens with zero attached hydrogens (tertiary/aromatic N) is 3. The summed E-state index contributed by atoms with van der Waals surface area (Å²) in [6.07, 6.45) is 0. The van der Waals surface area contributed by atoms with Gasteiger partial charge in [-0.1, -0.05) is 25.4 Å². The van der Waals surface area contributed by atoms with E-state index in [1.807, 2.05) is 13.8 Å². The number of nitrogens with one attached hydrogen (secondary N) is 1. The highest BCUT2D eigenvalue weighted by Crippen LogP contribution is 2.14. The van der Waals surface area contributed by atoms with Crippen molar-refractivity contribution in [2.24, 2.45) is 5.92 Å². The van der Waals surface area contributed by atoms with Crippen molar-refractivity contribution in [3.63, 3.8) is 0 Å². The first-order chi connectivity index (χ1) is 8.56. The van der Waals surface area contributed by atoms with E-state index in [1.165, 1.54) is 0 Å². The Morgan fingerprint density at radius 3 is 2.83 bits per heavy atom. The third-order valence-corrected chi connectivity index (χ3v) is 2.53. The number of amides is 1. The molecule has 1 aromatic carbocycles. The molecule has 0 fully saturated rings. The normalized spacial score (nSPS) is 10.9. The molecule has 0 aliphatic carbocycles. The van der Waals surface area contributed by atoms with Gasteiger partial charge in [0.1, 0.15) is 5.52 Å². The van der Waals surface area contributed by atoms with Crippen LogP contribution in [0.15, 0.2) is 18.2 Å². The maximum atomic E-state index is 11.8. The van der Waals surface area contributed by atoms with Crippen LogP contribution in [-0.4, -0.2) is 27.6 Å². The van der Waals surface area contributed by atoms with Gasteiger partial charge in [-0.25, -0.2) is 4.98 Å². The van der Waals surface area contributed by atoms with E-state index < -0.39 is 0 Å². The van der Waals surface area contributed by atoms with Crippen molar-refractivity contribution >= 4 is 28.5 Å². The zero-order chi connectivity index (χ0) is 13.1. The minimum atomic E-state index is -0.321. The lowest BCUT2D eigenvalue weighted by Gasteiger charge is -2.06. The summed E-state index contributed by atoms with van der Waals surface area (Å²) in [4.78, 5) is 15.9. The second-order valence-corrected chi connectivity index (χ2v) is 4.81. The summed E-state index contributed by atoms with van der Waals surface area (Å²) in [6.45, 7) is 4.61. The molecule has 1 aromatic heterocycles. The van der Waals surface area contributed by atoms with E-state index in [0.717, 1.165) is 0 Å². The van der Waals surface area contributed by atoms with E-state index in [1.54, 1.807) is 18.2 Å². The molecular weight excluding hydrogens is 252 g/mol. The van der Waals surface area contributed by atoms with Crippen LogP contribution in [0.3, 0.4) is 0 Å². The third-order valence-electron chi connectivity index (χ3n) is 2.29. The minimum Gasteiger partial charge on any atom is -0.349 e. The molecule has 0 saturated carbocycles. The Bertz CT molecular complexity index is 585. The molecule has 1 heterocycles. The van der Waals surface area contributed by atoms with Crippen LogP contribution in [0, 0.1) is 5.92 Å². The molecule has 0 unspecified atom stereocenters. The van der Waals surface area contributed by atoms with Gasteiger partial charge in [0.2, 0.25) is 5.82 Å². The molecule has 6 heteroatoms. The number of aromatic nitrogens is 3. The SMILES string of the molecule is CC(C)CNC(=O)c1nnc2ccc(Cl)cc2n1. The van der Waals surface area contributed by atoms with E-state index in [4.69, 9.17) is 11.6 Å². The lowest BCUT2D eigenvalue weighted by Crippen LogP contribution is -2.29. The summed E-state index contributed by atoms with van der Waals surface area (Å²) in [6, 6.07) is 5.08. The fourth-order valence-corrected chi connectivity index (χ4v) is 1.55. The fraction of sp³-hybridized carbons (Fsp3) is 0.333. The number of benzene rings is 1. The van der Waals surface area contributed by atoms with Crippen LogP contribution in [0.4, 0.5) is 0 Å². The number of fused-ring (bicyclic) bond motifs is 1. The second-order valence-electron chi connectivity index (χ2n) is 4.37. The van der Waals surface area contributed by atoms with Gasteiger partial charge in [-0.05, 0) is 24.1 Å². The molecular formula is C12H13ClN4O. The van der Waals surface area contributed by atoms with Crippen LogP contribution < -0.4 is 5.32 Å². The summed E-state index contributed by atoms with van der Waals surface area (Å²) in [5.74, 6) is 0.111. The van der Waals surface area contributed by atoms with E-state index in [-0.39, 0.29) is 11.7 Å². The molecule has 0 aliphatic rings. The largest absolute Gasteiger partial charge is 0.349 e. The lowest BCUT2D eigenvalue weighted by atomic mass is 10.2. The van der Waals surface area contributed by atoms with Gasteiger partial charge in [-0.2, -0.15) is 0 Å². The Hall–Kier alpha value is -1.75. The van der Waals surface area contributed by atoms with Crippen LogP contribution in [0.5, 0.6) is 0 Å². The van der Waals surface area contributed by atoms with E-state index in [0.29, 0.717) is 28.5 Å². The van der Waals surface area contributed by atoms with Gasteiger partial charge in [0.15, 0.2) is 0 Å². The second kappa shape index (κ2) is 5.27. The highest BCUT2D eigenvalue weighted by Gasteiger charge is 2.11. The highest BCUT2D eigenvalue weighted by atomic mass is 35.5. The molecule has 0 bridgehead atoms. The topological polar surface area (TPSA) is 67.8 Å². The summed E-state index contributed by atoms with van der Waals surface area (Å²) >= 11 is 5.86. The predicted octanol–water partition coefficient (Wildman–Crippen LogP) is 2.06. The molecule has 5 nitrogen and oxygen atoms in total. The summed E-state index contributed by atoms with van der Waals surface area (Å²) in [5.41, 5.74) is 1.17. The number of hydrogen-bond acceptors (Lipinski definition) is 4. The van der Waals surface area contributed by atoms with Gasteiger partial charge in [0.25, 0.3) is 5.91 Å². The lowest BCUT2D eigenvalue weighted by molar-refractivity contribution is 0.0938. The highest BCUT2D eigenvalue weighted by molar-refractivity contribution is 6.31. The first-order valence-electron chi connectivity index (χ1n) is 5.64. The molecule has 0 spiro atoms. The van der Waals surface area contributed by atoms with Gasteiger partial charge in [-0.3, -0.25) is 4.79 Å². The van der Waals surface area contributed by atoms with Gasteiger partial charge in [0, 0.05) is 11.6 Å². The molecule has 0 radical (unpaired) electrons. The van der Waals surface area contributed by atoms with Gasteiger partial charge in [-0.15, -0.1) is 10.2 Å². The minimum absolute atomic E-state index is 0.0606. The zero-order valence-corrected chi connectivity index (χ0v) is 10.9. The van der Waals surface area contributed by atoms with Crippen molar-refractivity contribution < 1.29 is 4.79 Å². The molecule has 18 heavy (non-hydrogen) atoms. The zero-order valence-electron chi connectivity index (χ0n) is 10.1. The van der Waals surface area contributed by atoms with E-state index in [9.17, 15) is 4.79 Å². The summed E-state index contributed by atoms with van der Waals surface area (Å²) in [5, 5.41) is 11.0. The molecule has 2 rings (SSSR count). The number of rotatable bonds is 3. The molecule has 0 saturated heterocycles. The molecule has 94 valence electrons. The number of halogens is 1. The van der Waals surface area contributed by atoms with Crippen LogP contribution in [-0.2, 0) is 0 Å². The smallest absolute Gasteiger partial charge is 0.291 e. The first kappa shape index (κ1) is 12.7. The van der Waals surface area contributed by atoms with Crippen LogP contribution in [0.2, 0.25) is 5.02 Å². The fourth-order valence-electron chi connectivity index (χ4n) is 1.38. The Labute approximate surface area is 110 Å².